The molecule has 1 atom stereocenters. The number of aryl methyl sites for hydroxylation is 1. The van der Waals surface area contributed by atoms with E-state index in [2.05, 4.69) is 30.0 Å². The van der Waals surface area contributed by atoms with E-state index in [1.54, 1.807) is 12.1 Å². The van der Waals surface area contributed by atoms with Crippen LogP contribution in [0, 0.1) is 12.8 Å². The lowest BCUT2D eigenvalue weighted by molar-refractivity contribution is 0.0935. The number of carbonyl (C=O) groups excluding carboxylic acids is 2. The monoisotopic (exact) mass is 339 g/mol. The average Bonchev–Trinajstić information content (AvgIpc) is 2.60. The minimum atomic E-state index is -0.435. The van der Waals surface area contributed by atoms with Crippen LogP contribution >= 0.6 is 0 Å². The maximum atomic E-state index is 12.2. The Bertz CT molecular complexity index is 697. The lowest BCUT2D eigenvalue weighted by Crippen LogP contribution is -2.48. The Morgan fingerprint density at radius 2 is 1.56 bits per heavy atom. The van der Waals surface area contributed by atoms with E-state index in [4.69, 9.17) is 0 Å². The standard InChI is InChI=1S/C20H25N3O2/c1-14(2)13-18(16-7-5-4-6-8-16)21-20(25)23-22-19(24)17-11-9-15(3)10-12-17/h4-12,14,18H,13H2,1-3H3,(H,22,24)(H2,21,23,25). The number of hydrazine groups is 1. The highest BCUT2D eigenvalue weighted by molar-refractivity contribution is 5.95. The van der Waals surface area contributed by atoms with Gasteiger partial charge in [-0.15, -0.1) is 0 Å². The zero-order chi connectivity index (χ0) is 18.2. The second kappa shape index (κ2) is 8.87. The van der Waals surface area contributed by atoms with E-state index in [-0.39, 0.29) is 11.9 Å². The number of nitrogens with one attached hydrogen (secondary N) is 3. The summed E-state index contributed by atoms with van der Waals surface area (Å²) in [4.78, 5) is 24.2. The highest BCUT2D eigenvalue weighted by Gasteiger charge is 2.16. The quantitative estimate of drug-likeness (QED) is 0.727. The molecule has 0 radical (unpaired) electrons. The molecule has 2 aromatic carbocycles. The Labute approximate surface area is 148 Å². The first-order valence-electron chi connectivity index (χ1n) is 8.44. The number of amides is 3. The van der Waals surface area contributed by atoms with Crippen molar-refractivity contribution in [1.82, 2.24) is 16.2 Å². The Hall–Kier alpha value is -2.82. The van der Waals surface area contributed by atoms with E-state index in [9.17, 15) is 9.59 Å². The maximum absolute atomic E-state index is 12.2. The molecule has 0 saturated carbocycles. The molecule has 0 fully saturated rings. The molecule has 3 amide bonds. The second-order valence-corrected chi connectivity index (χ2v) is 6.51. The Kier molecular flexibility index (Phi) is 6.57. The molecule has 0 saturated heterocycles. The van der Waals surface area contributed by atoms with E-state index in [0.717, 1.165) is 17.5 Å². The molecule has 0 heterocycles. The summed E-state index contributed by atoms with van der Waals surface area (Å²) in [6, 6.07) is 16.4. The van der Waals surface area contributed by atoms with Crippen LogP contribution in [0.2, 0.25) is 0 Å². The van der Waals surface area contributed by atoms with Crippen LogP contribution in [0.1, 0.15) is 47.8 Å². The van der Waals surface area contributed by atoms with Crippen molar-refractivity contribution in [3.63, 3.8) is 0 Å². The number of benzene rings is 2. The third-order valence-corrected chi connectivity index (χ3v) is 3.82. The third-order valence-electron chi connectivity index (χ3n) is 3.82. The summed E-state index contributed by atoms with van der Waals surface area (Å²) < 4.78 is 0. The molecule has 132 valence electrons. The van der Waals surface area contributed by atoms with Crippen LogP contribution < -0.4 is 16.2 Å². The topological polar surface area (TPSA) is 70.2 Å². The fraction of sp³-hybridized carbons (Fsp3) is 0.300. The Morgan fingerprint density at radius 3 is 2.16 bits per heavy atom. The van der Waals surface area contributed by atoms with Crippen molar-refractivity contribution < 1.29 is 9.59 Å². The minimum absolute atomic E-state index is 0.113. The van der Waals surface area contributed by atoms with Crippen molar-refractivity contribution in [2.24, 2.45) is 5.92 Å². The summed E-state index contributed by atoms with van der Waals surface area (Å²) in [6.07, 6.45) is 0.809. The van der Waals surface area contributed by atoms with Crippen LogP contribution in [-0.4, -0.2) is 11.9 Å². The van der Waals surface area contributed by atoms with Crippen LogP contribution in [-0.2, 0) is 0 Å². The number of hydrogen-bond acceptors (Lipinski definition) is 2. The first kappa shape index (κ1) is 18.5. The predicted octanol–water partition coefficient (Wildman–Crippen LogP) is 3.73. The van der Waals surface area contributed by atoms with Gasteiger partial charge in [-0.25, -0.2) is 10.2 Å². The van der Waals surface area contributed by atoms with Gasteiger partial charge in [-0.2, -0.15) is 0 Å². The van der Waals surface area contributed by atoms with Crippen molar-refractivity contribution >= 4 is 11.9 Å². The molecule has 5 heteroatoms. The highest BCUT2D eigenvalue weighted by Crippen LogP contribution is 2.20. The molecule has 0 aromatic heterocycles. The summed E-state index contributed by atoms with van der Waals surface area (Å²) in [7, 11) is 0. The SMILES string of the molecule is Cc1ccc(C(=O)NNC(=O)NC(CC(C)C)c2ccccc2)cc1. The van der Waals surface area contributed by atoms with Gasteiger partial charge in [-0.1, -0.05) is 61.9 Å². The van der Waals surface area contributed by atoms with Crippen LogP contribution in [0.3, 0.4) is 0 Å². The van der Waals surface area contributed by atoms with Crippen molar-refractivity contribution in [1.29, 1.82) is 0 Å². The van der Waals surface area contributed by atoms with Gasteiger partial charge in [0, 0.05) is 5.56 Å². The van der Waals surface area contributed by atoms with Gasteiger partial charge >= 0.3 is 6.03 Å². The zero-order valence-electron chi connectivity index (χ0n) is 14.9. The van der Waals surface area contributed by atoms with E-state index < -0.39 is 6.03 Å². The summed E-state index contributed by atoms with van der Waals surface area (Å²) >= 11 is 0. The van der Waals surface area contributed by atoms with E-state index >= 15 is 0 Å². The minimum Gasteiger partial charge on any atom is -0.330 e. The van der Waals surface area contributed by atoms with Gasteiger partial charge in [0.2, 0.25) is 0 Å². The molecule has 5 nitrogen and oxygen atoms in total. The summed E-state index contributed by atoms with van der Waals surface area (Å²) in [5.74, 6) is 0.0722. The smallest absolute Gasteiger partial charge is 0.330 e. The summed E-state index contributed by atoms with van der Waals surface area (Å²) in [5.41, 5.74) is 7.45. The average molecular weight is 339 g/mol. The Morgan fingerprint density at radius 1 is 0.920 bits per heavy atom. The molecule has 3 N–H and O–H groups in total. The zero-order valence-corrected chi connectivity index (χ0v) is 14.9. The molecule has 1 unspecified atom stereocenters. The van der Waals surface area contributed by atoms with Gasteiger partial charge in [0.1, 0.15) is 0 Å². The fourth-order valence-electron chi connectivity index (χ4n) is 2.52. The molecule has 0 aliphatic carbocycles. The second-order valence-electron chi connectivity index (χ2n) is 6.51. The largest absolute Gasteiger partial charge is 0.333 e. The molecule has 25 heavy (non-hydrogen) atoms. The van der Waals surface area contributed by atoms with Gasteiger partial charge < -0.3 is 5.32 Å². The molecule has 0 spiro atoms. The van der Waals surface area contributed by atoms with Crippen LogP contribution in [0.5, 0.6) is 0 Å². The van der Waals surface area contributed by atoms with E-state index in [0.29, 0.717) is 11.5 Å². The third kappa shape index (κ3) is 5.95. The first-order valence-corrected chi connectivity index (χ1v) is 8.44. The van der Waals surface area contributed by atoms with Gasteiger partial charge in [-0.05, 0) is 37.0 Å². The van der Waals surface area contributed by atoms with Crippen LogP contribution in [0.25, 0.3) is 0 Å². The number of carbonyl (C=O) groups is 2. The lowest BCUT2D eigenvalue weighted by atomic mass is 9.97. The normalized spacial score (nSPS) is 11.7. The van der Waals surface area contributed by atoms with Crippen LogP contribution in [0.15, 0.2) is 54.6 Å². The van der Waals surface area contributed by atoms with Crippen molar-refractivity contribution in [2.75, 3.05) is 0 Å². The van der Waals surface area contributed by atoms with Crippen molar-refractivity contribution in [3.8, 4) is 0 Å². The van der Waals surface area contributed by atoms with Gasteiger partial charge in [-0.3, -0.25) is 10.2 Å². The number of rotatable bonds is 5. The molecule has 2 rings (SSSR count). The Balaban J connectivity index is 1.92. The highest BCUT2D eigenvalue weighted by atomic mass is 16.2. The van der Waals surface area contributed by atoms with Crippen molar-refractivity contribution in [2.45, 2.75) is 33.2 Å². The summed E-state index contributed by atoms with van der Waals surface area (Å²) in [6.45, 7) is 6.16. The maximum Gasteiger partial charge on any atom is 0.333 e. The molecule has 2 aromatic rings. The predicted molar refractivity (Wildman–Crippen MR) is 99.0 cm³/mol. The summed E-state index contributed by atoms with van der Waals surface area (Å²) in [5, 5.41) is 2.92. The van der Waals surface area contributed by atoms with Gasteiger partial charge in [0.15, 0.2) is 0 Å². The number of urea groups is 1. The van der Waals surface area contributed by atoms with E-state index in [1.165, 1.54) is 0 Å². The molecular formula is C20H25N3O2. The molecule has 0 aliphatic heterocycles. The molecular weight excluding hydrogens is 314 g/mol. The van der Waals surface area contributed by atoms with Crippen LogP contribution in [0.4, 0.5) is 4.79 Å². The van der Waals surface area contributed by atoms with Crippen molar-refractivity contribution in [3.05, 3.63) is 71.3 Å². The lowest BCUT2D eigenvalue weighted by Gasteiger charge is -2.21. The van der Waals surface area contributed by atoms with Gasteiger partial charge in [0.25, 0.3) is 5.91 Å². The van der Waals surface area contributed by atoms with Gasteiger partial charge in [0.05, 0.1) is 6.04 Å². The van der Waals surface area contributed by atoms with E-state index in [1.807, 2.05) is 49.4 Å². The molecule has 0 aliphatic rings. The number of hydrogen-bond donors (Lipinski definition) is 3. The molecule has 0 bridgehead atoms. The first-order chi connectivity index (χ1) is 12.0. The fourth-order valence-corrected chi connectivity index (χ4v) is 2.52.